The van der Waals surface area contributed by atoms with Crippen LogP contribution in [0.25, 0.3) is 0 Å². The lowest BCUT2D eigenvalue weighted by atomic mass is 10.3. The van der Waals surface area contributed by atoms with Gasteiger partial charge in [-0.1, -0.05) is 27.7 Å². The second-order valence-corrected chi connectivity index (χ2v) is 5.38. The van der Waals surface area contributed by atoms with Crippen LogP contribution in [0.5, 0.6) is 5.75 Å². The second-order valence-electron chi connectivity index (χ2n) is 5.38. The Balaban J connectivity index is 2.22. The summed E-state index contributed by atoms with van der Waals surface area (Å²) in [5.41, 5.74) is 3.92. The Hall–Kier alpha value is -1.30. The summed E-state index contributed by atoms with van der Waals surface area (Å²) in [4.78, 5) is 10.2. The van der Waals surface area contributed by atoms with Gasteiger partial charge in [-0.15, -0.1) is 0 Å². The molecule has 132 valence electrons. The van der Waals surface area contributed by atoms with Crippen molar-refractivity contribution in [2.24, 2.45) is 0 Å². The van der Waals surface area contributed by atoms with Crippen LogP contribution in [-0.2, 0) is 4.84 Å². The third kappa shape index (κ3) is 8.21. The van der Waals surface area contributed by atoms with E-state index in [9.17, 15) is 0 Å². The van der Waals surface area contributed by atoms with Crippen molar-refractivity contribution in [3.8, 4) is 5.75 Å². The van der Waals surface area contributed by atoms with E-state index in [-0.39, 0.29) is 0 Å². The van der Waals surface area contributed by atoms with Gasteiger partial charge in [-0.25, -0.2) is 0 Å². The molecular formula is C18H33N3O2. The van der Waals surface area contributed by atoms with E-state index >= 15 is 0 Å². The first-order valence-electron chi connectivity index (χ1n) is 8.78. The van der Waals surface area contributed by atoms with E-state index in [1.807, 2.05) is 24.3 Å². The highest BCUT2D eigenvalue weighted by molar-refractivity contribution is 5.44. The summed E-state index contributed by atoms with van der Waals surface area (Å²) in [6.45, 7) is 16.2. The highest BCUT2D eigenvalue weighted by Crippen LogP contribution is 2.15. The molecule has 0 saturated carbocycles. The Kier molecular flexibility index (Phi) is 10.4. The van der Waals surface area contributed by atoms with Crippen LogP contribution < -0.4 is 10.2 Å². The van der Waals surface area contributed by atoms with Crippen molar-refractivity contribution in [3.63, 3.8) is 0 Å². The summed E-state index contributed by atoms with van der Waals surface area (Å²) in [7, 11) is 0. The van der Waals surface area contributed by atoms with Gasteiger partial charge in [0, 0.05) is 13.1 Å². The molecule has 0 amide bonds. The van der Waals surface area contributed by atoms with Crippen LogP contribution >= 0.6 is 0 Å². The summed E-state index contributed by atoms with van der Waals surface area (Å²) in [6, 6.07) is 7.89. The molecule has 0 bridgehead atoms. The number of hydrogen-bond donors (Lipinski definition) is 1. The molecule has 1 N–H and O–H groups in total. The minimum atomic E-state index is 0.670. The molecule has 1 rings (SSSR count). The molecule has 0 aliphatic rings. The molecule has 0 aliphatic heterocycles. The normalized spacial score (nSPS) is 11.2. The second kappa shape index (κ2) is 12.2. The molecule has 0 radical (unpaired) electrons. The van der Waals surface area contributed by atoms with Crippen molar-refractivity contribution >= 4 is 5.69 Å². The van der Waals surface area contributed by atoms with Gasteiger partial charge in [0.15, 0.2) is 0 Å². The number of hydrogen-bond acceptors (Lipinski definition) is 5. The van der Waals surface area contributed by atoms with Crippen LogP contribution in [0.15, 0.2) is 24.3 Å². The zero-order valence-electron chi connectivity index (χ0n) is 15.2. The van der Waals surface area contributed by atoms with Gasteiger partial charge < -0.3 is 14.5 Å². The van der Waals surface area contributed by atoms with Crippen LogP contribution in [0.3, 0.4) is 0 Å². The first kappa shape index (κ1) is 19.7. The molecule has 0 fully saturated rings. The number of rotatable bonds is 13. The Morgan fingerprint density at radius 1 is 0.783 bits per heavy atom. The summed E-state index contributed by atoms with van der Waals surface area (Å²) in [5, 5.41) is 0. The molecule has 0 aliphatic carbocycles. The maximum Gasteiger partial charge on any atom is 0.119 e. The van der Waals surface area contributed by atoms with Crippen molar-refractivity contribution in [2.75, 3.05) is 58.0 Å². The van der Waals surface area contributed by atoms with Crippen molar-refractivity contribution in [3.05, 3.63) is 24.3 Å². The number of likely N-dealkylation sites (N-methyl/N-ethyl adjacent to an activating group) is 2. The molecule has 0 heterocycles. The Bertz CT molecular complexity index is 390. The molecule has 0 spiro atoms. The van der Waals surface area contributed by atoms with Crippen molar-refractivity contribution in [1.82, 2.24) is 9.80 Å². The molecule has 0 atom stereocenters. The van der Waals surface area contributed by atoms with E-state index in [1.54, 1.807) is 0 Å². The number of ether oxygens (including phenoxy) is 1. The zero-order valence-corrected chi connectivity index (χ0v) is 15.2. The smallest absolute Gasteiger partial charge is 0.119 e. The van der Waals surface area contributed by atoms with Crippen LogP contribution in [0.2, 0.25) is 0 Å². The fourth-order valence-corrected chi connectivity index (χ4v) is 2.30. The Morgan fingerprint density at radius 3 is 1.83 bits per heavy atom. The summed E-state index contributed by atoms with van der Waals surface area (Å²) < 4.78 is 5.76. The van der Waals surface area contributed by atoms with Gasteiger partial charge in [0.1, 0.15) is 12.4 Å². The van der Waals surface area contributed by atoms with Crippen molar-refractivity contribution in [1.29, 1.82) is 0 Å². The molecule has 0 aromatic heterocycles. The number of nitrogens with one attached hydrogen (secondary N) is 1. The fourth-order valence-electron chi connectivity index (χ4n) is 2.30. The zero-order chi connectivity index (χ0) is 16.9. The van der Waals surface area contributed by atoms with Gasteiger partial charge in [-0.05, 0) is 50.4 Å². The van der Waals surface area contributed by atoms with Gasteiger partial charge in [0.05, 0.1) is 12.3 Å². The van der Waals surface area contributed by atoms with E-state index in [0.717, 1.165) is 57.3 Å². The van der Waals surface area contributed by atoms with Crippen molar-refractivity contribution < 1.29 is 9.57 Å². The van der Waals surface area contributed by atoms with E-state index in [1.165, 1.54) is 0 Å². The van der Waals surface area contributed by atoms with Crippen LogP contribution in [-0.4, -0.2) is 62.3 Å². The van der Waals surface area contributed by atoms with E-state index < -0.39 is 0 Å². The fraction of sp³-hybridized carbons (Fsp3) is 0.667. The Labute approximate surface area is 141 Å². The third-order valence-electron chi connectivity index (χ3n) is 4.02. The summed E-state index contributed by atoms with van der Waals surface area (Å²) in [5.74, 6) is 0.894. The lowest BCUT2D eigenvalue weighted by Crippen LogP contribution is -2.28. The minimum absolute atomic E-state index is 0.670. The number of benzene rings is 1. The first-order valence-corrected chi connectivity index (χ1v) is 8.78. The maximum atomic E-state index is 5.76. The van der Waals surface area contributed by atoms with Gasteiger partial charge in [0.25, 0.3) is 0 Å². The third-order valence-corrected chi connectivity index (χ3v) is 4.02. The topological polar surface area (TPSA) is 37.0 Å². The number of nitrogens with zero attached hydrogens (tertiary/aromatic N) is 2. The van der Waals surface area contributed by atoms with Gasteiger partial charge in [0.2, 0.25) is 0 Å². The number of anilines is 1. The SMILES string of the molecule is CCN(CC)CCONc1ccc(OCCN(CC)CC)cc1. The van der Waals surface area contributed by atoms with Gasteiger partial charge >= 0.3 is 0 Å². The molecular weight excluding hydrogens is 290 g/mol. The van der Waals surface area contributed by atoms with E-state index in [2.05, 4.69) is 43.0 Å². The lowest BCUT2D eigenvalue weighted by molar-refractivity contribution is 0.151. The average molecular weight is 323 g/mol. The maximum absolute atomic E-state index is 5.76. The van der Waals surface area contributed by atoms with Crippen LogP contribution in [0.1, 0.15) is 27.7 Å². The minimum Gasteiger partial charge on any atom is -0.492 e. The molecule has 1 aromatic carbocycles. The molecule has 1 aromatic rings. The van der Waals surface area contributed by atoms with Gasteiger partial charge in [-0.2, -0.15) is 0 Å². The lowest BCUT2D eigenvalue weighted by Gasteiger charge is -2.18. The largest absolute Gasteiger partial charge is 0.492 e. The Morgan fingerprint density at radius 2 is 1.30 bits per heavy atom. The highest BCUT2D eigenvalue weighted by atomic mass is 16.6. The first-order chi connectivity index (χ1) is 11.2. The monoisotopic (exact) mass is 323 g/mol. The van der Waals surface area contributed by atoms with Gasteiger partial charge in [-0.3, -0.25) is 10.3 Å². The predicted molar refractivity (Wildman–Crippen MR) is 97.1 cm³/mol. The molecule has 0 saturated heterocycles. The molecule has 5 heteroatoms. The van der Waals surface area contributed by atoms with E-state index in [4.69, 9.17) is 9.57 Å². The van der Waals surface area contributed by atoms with Crippen molar-refractivity contribution in [2.45, 2.75) is 27.7 Å². The van der Waals surface area contributed by atoms with E-state index in [0.29, 0.717) is 6.61 Å². The van der Waals surface area contributed by atoms with Crippen LogP contribution in [0.4, 0.5) is 5.69 Å². The van der Waals surface area contributed by atoms with Crippen LogP contribution in [0, 0.1) is 0 Å². The standard InChI is InChI=1S/C18H33N3O2/c1-5-20(6-2)13-15-22-18-11-9-17(10-12-18)19-23-16-14-21(7-3)8-4/h9-12,19H,5-8,13-16H2,1-4H3. The highest BCUT2D eigenvalue weighted by Gasteiger charge is 2.01. The quantitative estimate of drug-likeness (QED) is 0.446. The molecule has 5 nitrogen and oxygen atoms in total. The summed E-state index contributed by atoms with van der Waals surface area (Å²) >= 11 is 0. The summed E-state index contributed by atoms with van der Waals surface area (Å²) in [6.07, 6.45) is 0. The molecule has 23 heavy (non-hydrogen) atoms. The average Bonchev–Trinajstić information content (AvgIpc) is 2.60. The predicted octanol–water partition coefficient (Wildman–Crippen LogP) is 3.09. The molecule has 0 unspecified atom stereocenters.